The Morgan fingerprint density at radius 2 is 1.57 bits per heavy atom. The Morgan fingerprint density at radius 1 is 0.905 bits per heavy atom. The fourth-order valence-electron chi connectivity index (χ4n) is 4.40. The summed E-state index contributed by atoms with van der Waals surface area (Å²) in [6.45, 7) is 2.29. The number of benzene rings is 3. The molecule has 0 bridgehead atoms. The monoisotopic (exact) mass is 603 g/mol. The lowest BCUT2D eigenvalue weighted by atomic mass is 9.98. The van der Waals surface area contributed by atoms with Gasteiger partial charge in [-0.05, 0) is 66.6 Å². The number of aromatic nitrogens is 3. The zero-order chi connectivity index (χ0) is 30.4. The minimum Gasteiger partial charge on any atom is -0.443 e. The van der Waals surface area contributed by atoms with Crippen LogP contribution in [0.2, 0.25) is 0 Å². The zero-order valence-corrected chi connectivity index (χ0v) is 23.1. The maximum atomic E-state index is 14.1. The minimum atomic E-state index is -4.86. The van der Waals surface area contributed by atoms with Crippen molar-refractivity contribution in [2.45, 2.75) is 31.0 Å². The van der Waals surface area contributed by atoms with Crippen LogP contribution >= 0.6 is 0 Å². The van der Waals surface area contributed by atoms with Gasteiger partial charge in [-0.25, -0.2) is 18.4 Å². The van der Waals surface area contributed by atoms with E-state index in [1.54, 1.807) is 37.3 Å². The Labute approximate surface area is 237 Å². The van der Waals surface area contributed by atoms with Crippen LogP contribution < -0.4 is 4.74 Å². The van der Waals surface area contributed by atoms with Gasteiger partial charge in [0.15, 0.2) is 22.0 Å². The number of hydrogen-bond donors (Lipinski definition) is 0. The highest BCUT2D eigenvalue weighted by Gasteiger charge is 2.31. The van der Waals surface area contributed by atoms with Gasteiger partial charge in [0, 0.05) is 30.5 Å². The molecule has 0 saturated heterocycles. The quantitative estimate of drug-likeness (QED) is 0.178. The smallest absolute Gasteiger partial charge is 0.443 e. The number of sulfone groups is 1. The average Bonchev–Trinajstić information content (AvgIpc) is 3.54. The molecule has 5 rings (SSSR count). The summed E-state index contributed by atoms with van der Waals surface area (Å²) in [5, 5.41) is 0. The van der Waals surface area contributed by atoms with Gasteiger partial charge in [-0.15, -0.1) is 13.2 Å². The highest BCUT2D eigenvalue weighted by molar-refractivity contribution is 7.90. The van der Waals surface area contributed by atoms with E-state index in [9.17, 15) is 30.4 Å². The van der Waals surface area contributed by atoms with Crippen LogP contribution in [-0.2, 0) is 15.8 Å². The lowest BCUT2D eigenvalue weighted by Gasteiger charge is -2.14. The largest absolute Gasteiger partial charge is 0.573 e. The van der Waals surface area contributed by atoms with Gasteiger partial charge in [0.2, 0.25) is 0 Å². The van der Waals surface area contributed by atoms with Crippen molar-refractivity contribution in [3.8, 4) is 45.1 Å². The van der Waals surface area contributed by atoms with Gasteiger partial charge in [0.25, 0.3) is 5.92 Å². The van der Waals surface area contributed by atoms with E-state index < -0.39 is 33.6 Å². The van der Waals surface area contributed by atoms with Crippen molar-refractivity contribution in [2.24, 2.45) is 0 Å². The van der Waals surface area contributed by atoms with Gasteiger partial charge < -0.3 is 13.7 Å². The summed E-state index contributed by atoms with van der Waals surface area (Å²) in [5.41, 5.74) is 2.12. The first-order valence-corrected chi connectivity index (χ1v) is 14.2. The fourth-order valence-corrected chi connectivity index (χ4v) is 5.07. The molecule has 5 aromatic rings. The molecule has 0 N–H and O–H groups in total. The highest BCUT2D eigenvalue weighted by atomic mass is 32.2. The van der Waals surface area contributed by atoms with E-state index in [1.165, 1.54) is 35.0 Å². The van der Waals surface area contributed by atoms with Crippen LogP contribution in [0.25, 0.3) is 39.4 Å². The number of halogens is 5. The van der Waals surface area contributed by atoms with Crippen molar-refractivity contribution in [2.75, 3.05) is 6.26 Å². The predicted octanol–water partition coefficient (Wildman–Crippen LogP) is 7.58. The highest BCUT2D eigenvalue weighted by Crippen LogP contribution is 2.39. The summed E-state index contributed by atoms with van der Waals surface area (Å²) in [6, 6.07) is 16.3. The average molecular weight is 604 g/mol. The second-order valence-electron chi connectivity index (χ2n) is 9.57. The SMILES string of the molecule is Cc1nc(C(C)(F)F)cn1-c1ccc(-c2cccc(S(C)(=O)=O)c2)cc1-c1ocnc1-c1ccc(OC(F)(F)F)cc1. The van der Waals surface area contributed by atoms with E-state index in [-0.39, 0.29) is 22.2 Å². The maximum absolute atomic E-state index is 14.1. The molecule has 0 fully saturated rings. The molecular formula is C29H22F5N3O4S. The molecular weight excluding hydrogens is 581 g/mol. The van der Waals surface area contributed by atoms with E-state index >= 15 is 0 Å². The minimum absolute atomic E-state index is 0.104. The van der Waals surface area contributed by atoms with Crippen molar-refractivity contribution < 1.29 is 39.5 Å². The first-order chi connectivity index (χ1) is 19.6. The summed E-state index contributed by atoms with van der Waals surface area (Å²) in [4.78, 5) is 8.38. The summed E-state index contributed by atoms with van der Waals surface area (Å²) in [5.74, 6) is -3.19. The third-order valence-electron chi connectivity index (χ3n) is 6.36. The first kappa shape index (κ1) is 29.0. The van der Waals surface area contributed by atoms with E-state index in [2.05, 4.69) is 14.7 Å². The van der Waals surface area contributed by atoms with Crippen LogP contribution in [0, 0.1) is 6.92 Å². The number of imidazole rings is 1. The van der Waals surface area contributed by atoms with Crippen LogP contribution in [-0.4, -0.2) is 35.6 Å². The second kappa shape index (κ2) is 10.4. The van der Waals surface area contributed by atoms with Crippen molar-refractivity contribution in [3.63, 3.8) is 0 Å². The zero-order valence-electron chi connectivity index (χ0n) is 22.3. The molecule has 2 heterocycles. The van der Waals surface area contributed by atoms with Crippen molar-refractivity contribution >= 4 is 9.84 Å². The van der Waals surface area contributed by atoms with Crippen molar-refractivity contribution in [1.82, 2.24) is 14.5 Å². The molecule has 0 atom stereocenters. The Hall–Kier alpha value is -4.52. The number of nitrogens with zero attached hydrogens (tertiary/aromatic N) is 3. The summed E-state index contributed by atoms with van der Waals surface area (Å²) < 4.78 is 102. The molecule has 0 amide bonds. The number of rotatable bonds is 7. The van der Waals surface area contributed by atoms with Crippen LogP contribution in [0.5, 0.6) is 5.75 Å². The van der Waals surface area contributed by atoms with Crippen molar-refractivity contribution in [1.29, 1.82) is 0 Å². The topological polar surface area (TPSA) is 87.2 Å². The van der Waals surface area contributed by atoms with Gasteiger partial charge in [-0.2, -0.15) is 8.78 Å². The Bertz CT molecular complexity index is 1870. The molecule has 0 radical (unpaired) electrons. The lowest BCUT2D eigenvalue weighted by Crippen LogP contribution is -2.16. The summed E-state index contributed by atoms with van der Waals surface area (Å²) >= 11 is 0. The van der Waals surface area contributed by atoms with Gasteiger partial charge >= 0.3 is 6.36 Å². The lowest BCUT2D eigenvalue weighted by molar-refractivity contribution is -0.274. The number of oxazole rings is 1. The Kier molecular flexibility index (Phi) is 7.17. The maximum Gasteiger partial charge on any atom is 0.573 e. The fraction of sp³-hybridized carbons (Fsp3) is 0.172. The van der Waals surface area contributed by atoms with E-state index in [1.807, 2.05) is 0 Å². The Balaban J connectivity index is 1.69. The normalized spacial score (nSPS) is 12.5. The molecule has 0 aliphatic carbocycles. The molecule has 0 spiro atoms. The molecule has 0 aliphatic rings. The number of alkyl halides is 5. The third kappa shape index (κ3) is 6.05. The number of ether oxygens (including phenoxy) is 1. The van der Waals surface area contributed by atoms with Gasteiger partial charge in [-0.3, -0.25) is 0 Å². The van der Waals surface area contributed by atoms with Gasteiger partial charge in [0.1, 0.15) is 23.0 Å². The Morgan fingerprint density at radius 3 is 2.19 bits per heavy atom. The van der Waals surface area contributed by atoms with Crippen LogP contribution in [0.4, 0.5) is 22.0 Å². The van der Waals surface area contributed by atoms with Crippen molar-refractivity contribution in [3.05, 3.63) is 90.8 Å². The molecule has 3 aromatic carbocycles. The molecule has 0 unspecified atom stereocenters. The molecule has 7 nitrogen and oxygen atoms in total. The number of aryl methyl sites for hydroxylation is 1. The van der Waals surface area contributed by atoms with Crippen LogP contribution in [0.15, 0.2) is 88.6 Å². The molecule has 2 aromatic heterocycles. The van der Waals surface area contributed by atoms with Gasteiger partial charge in [-0.1, -0.05) is 18.2 Å². The summed E-state index contributed by atoms with van der Waals surface area (Å²) in [7, 11) is -3.51. The molecule has 42 heavy (non-hydrogen) atoms. The first-order valence-electron chi connectivity index (χ1n) is 12.3. The molecule has 0 saturated carbocycles. The molecule has 0 aliphatic heterocycles. The second-order valence-corrected chi connectivity index (χ2v) is 11.6. The van der Waals surface area contributed by atoms with Crippen LogP contribution in [0.1, 0.15) is 18.4 Å². The molecule has 218 valence electrons. The van der Waals surface area contributed by atoms with Crippen LogP contribution in [0.3, 0.4) is 0 Å². The van der Waals surface area contributed by atoms with E-state index in [0.717, 1.165) is 31.7 Å². The number of hydrogen-bond acceptors (Lipinski definition) is 6. The van der Waals surface area contributed by atoms with E-state index in [0.29, 0.717) is 27.9 Å². The molecule has 13 heteroatoms. The third-order valence-corrected chi connectivity index (χ3v) is 7.47. The predicted molar refractivity (Wildman–Crippen MR) is 144 cm³/mol. The van der Waals surface area contributed by atoms with Gasteiger partial charge in [0.05, 0.1) is 10.6 Å². The van der Waals surface area contributed by atoms with E-state index in [4.69, 9.17) is 4.42 Å². The summed E-state index contributed by atoms with van der Waals surface area (Å²) in [6.07, 6.45) is -1.41. The standard InChI is InChI=1S/C29H22F5N3O4S/c1-17-36-25(28(2,30)31)15-37(17)24-12-9-20(19-5-4-6-22(13-19)42(3,38)39)14-23(24)27-26(35-16-40-27)18-7-10-21(11-8-18)41-29(32,33)34/h4-16H,1-3H3.